The van der Waals surface area contributed by atoms with Crippen molar-refractivity contribution < 1.29 is 18.7 Å². The predicted molar refractivity (Wildman–Crippen MR) is 95.7 cm³/mol. The average Bonchev–Trinajstić information content (AvgIpc) is 3.46. The third kappa shape index (κ3) is 2.88. The number of nitrogens with one attached hydrogen (secondary N) is 1. The van der Waals surface area contributed by atoms with Gasteiger partial charge in [0.1, 0.15) is 5.54 Å². The molecule has 0 bridgehead atoms. The summed E-state index contributed by atoms with van der Waals surface area (Å²) < 4.78 is 19.6. The van der Waals surface area contributed by atoms with Crippen LogP contribution in [0.1, 0.15) is 33.7 Å². The molecule has 4 rings (SSSR count). The molecule has 1 saturated heterocycles. The van der Waals surface area contributed by atoms with Gasteiger partial charge in [0, 0.05) is 32.0 Å². The Hall–Kier alpha value is -2.80. The lowest BCUT2D eigenvalue weighted by Crippen LogP contribution is -2.77. The van der Waals surface area contributed by atoms with Gasteiger partial charge in [0.15, 0.2) is 11.5 Å². The van der Waals surface area contributed by atoms with Crippen LogP contribution in [0.15, 0.2) is 48.7 Å². The van der Waals surface area contributed by atoms with Crippen LogP contribution in [0.2, 0.25) is 0 Å². The first-order chi connectivity index (χ1) is 13.0. The summed E-state index contributed by atoms with van der Waals surface area (Å²) in [7, 11) is 1.62. The van der Waals surface area contributed by atoms with Crippen molar-refractivity contribution in [3.05, 3.63) is 65.7 Å². The van der Waals surface area contributed by atoms with Crippen molar-refractivity contribution in [2.45, 2.75) is 24.0 Å². The molecule has 2 heterocycles. The summed E-state index contributed by atoms with van der Waals surface area (Å²) in [6.07, 6.45) is 3.00. The molecule has 1 saturated carbocycles. The molecule has 6 nitrogen and oxygen atoms in total. The number of carbonyl (C=O) groups excluding carboxylic acids is 2. The van der Waals surface area contributed by atoms with Crippen LogP contribution in [0.25, 0.3) is 0 Å². The molecule has 2 aromatic rings. The van der Waals surface area contributed by atoms with Crippen LogP contribution in [0, 0.1) is 5.82 Å². The van der Waals surface area contributed by atoms with Gasteiger partial charge in [-0.15, -0.1) is 0 Å². The molecule has 1 aromatic heterocycles. The molecule has 0 atom stereocenters. The summed E-state index contributed by atoms with van der Waals surface area (Å²) in [5, 5.41) is 3.08. The first kappa shape index (κ1) is 17.6. The summed E-state index contributed by atoms with van der Waals surface area (Å²) in [5.74, 6) is -1.35. The van der Waals surface area contributed by atoms with Gasteiger partial charge >= 0.3 is 0 Å². The zero-order chi connectivity index (χ0) is 19.1. The van der Waals surface area contributed by atoms with Gasteiger partial charge in [-0.3, -0.25) is 9.59 Å². The van der Waals surface area contributed by atoms with Gasteiger partial charge in [-0.25, -0.2) is 9.37 Å². The molecule has 7 heteroatoms. The summed E-state index contributed by atoms with van der Waals surface area (Å²) in [6.45, 7) is 0.516. The standard InChI is InChI=1S/C20H20FN3O3/c1-27-20(9-10-20)19(23-17(25)14-6-3-2-4-7-14)12-24(13-19)18(26)16-15(21)8-5-11-22-16/h2-8,11H,9-10,12-13H2,1H3,(H,23,25). The average molecular weight is 369 g/mol. The molecule has 1 aliphatic heterocycles. The molecule has 2 amide bonds. The number of pyridine rings is 1. The molecular weight excluding hydrogens is 349 g/mol. The van der Waals surface area contributed by atoms with E-state index in [-0.39, 0.29) is 24.7 Å². The second kappa shape index (κ2) is 6.42. The van der Waals surface area contributed by atoms with E-state index >= 15 is 0 Å². The Morgan fingerprint density at radius 2 is 1.85 bits per heavy atom. The molecule has 0 unspecified atom stereocenters. The summed E-state index contributed by atoms with van der Waals surface area (Å²) >= 11 is 0. The monoisotopic (exact) mass is 369 g/mol. The smallest absolute Gasteiger partial charge is 0.275 e. The molecular formula is C20H20FN3O3. The van der Waals surface area contributed by atoms with Crippen LogP contribution in [-0.2, 0) is 4.74 Å². The van der Waals surface area contributed by atoms with Gasteiger partial charge in [0.05, 0.1) is 5.60 Å². The van der Waals surface area contributed by atoms with Crippen LogP contribution in [0.4, 0.5) is 4.39 Å². The highest BCUT2D eigenvalue weighted by Gasteiger charge is 2.66. The topological polar surface area (TPSA) is 71.5 Å². The zero-order valence-corrected chi connectivity index (χ0v) is 14.9. The lowest BCUT2D eigenvalue weighted by atomic mass is 9.80. The van der Waals surface area contributed by atoms with Gasteiger partial charge in [0.2, 0.25) is 0 Å². The molecule has 0 spiro atoms. The van der Waals surface area contributed by atoms with E-state index in [4.69, 9.17) is 4.74 Å². The Bertz CT molecular complexity index is 877. The molecule has 1 aromatic carbocycles. The number of benzene rings is 1. The van der Waals surface area contributed by atoms with Gasteiger partial charge in [0.25, 0.3) is 11.8 Å². The number of aromatic nitrogens is 1. The Morgan fingerprint density at radius 3 is 2.44 bits per heavy atom. The maximum Gasteiger partial charge on any atom is 0.275 e. The van der Waals surface area contributed by atoms with Crippen molar-refractivity contribution in [2.24, 2.45) is 0 Å². The maximum atomic E-state index is 13.9. The minimum absolute atomic E-state index is 0.206. The first-order valence-electron chi connectivity index (χ1n) is 8.83. The fourth-order valence-corrected chi connectivity index (χ4v) is 3.79. The highest BCUT2D eigenvalue weighted by atomic mass is 19.1. The summed E-state index contributed by atoms with van der Waals surface area (Å²) in [4.78, 5) is 30.6. The number of likely N-dealkylation sites (tertiary alicyclic amines) is 1. The van der Waals surface area contributed by atoms with Gasteiger partial charge < -0.3 is 15.0 Å². The van der Waals surface area contributed by atoms with E-state index in [0.29, 0.717) is 5.56 Å². The quantitative estimate of drug-likeness (QED) is 0.875. The van der Waals surface area contributed by atoms with Gasteiger partial charge in [-0.1, -0.05) is 18.2 Å². The van der Waals surface area contributed by atoms with Crippen molar-refractivity contribution in [3.8, 4) is 0 Å². The predicted octanol–water partition coefficient (Wildman–Crippen LogP) is 2.02. The normalized spacial score (nSPS) is 19.1. The number of amides is 2. The summed E-state index contributed by atoms with van der Waals surface area (Å²) in [6, 6.07) is 11.6. The van der Waals surface area contributed by atoms with Crippen LogP contribution in [-0.4, -0.2) is 53.0 Å². The number of nitrogens with zero attached hydrogens (tertiary/aromatic N) is 2. The Kier molecular flexibility index (Phi) is 4.19. The fourth-order valence-electron chi connectivity index (χ4n) is 3.79. The van der Waals surface area contributed by atoms with E-state index in [2.05, 4.69) is 10.3 Å². The number of methoxy groups -OCH3 is 1. The minimum atomic E-state index is -0.685. The number of rotatable bonds is 5. The highest BCUT2D eigenvalue weighted by molar-refractivity contribution is 5.96. The highest BCUT2D eigenvalue weighted by Crippen LogP contribution is 2.51. The molecule has 27 heavy (non-hydrogen) atoms. The second-order valence-corrected chi connectivity index (χ2v) is 7.10. The van der Waals surface area contributed by atoms with Crippen molar-refractivity contribution >= 4 is 11.8 Å². The van der Waals surface area contributed by atoms with Crippen molar-refractivity contribution in [3.63, 3.8) is 0 Å². The van der Waals surface area contributed by atoms with Crippen LogP contribution < -0.4 is 5.32 Å². The molecule has 0 radical (unpaired) electrons. The molecule has 2 fully saturated rings. The van der Waals surface area contributed by atoms with Gasteiger partial charge in [-0.2, -0.15) is 0 Å². The number of carbonyl (C=O) groups is 2. The van der Waals surface area contributed by atoms with Crippen molar-refractivity contribution in [2.75, 3.05) is 20.2 Å². The van der Waals surface area contributed by atoms with E-state index in [1.807, 2.05) is 6.07 Å². The lowest BCUT2D eigenvalue weighted by Gasteiger charge is -2.54. The zero-order valence-electron chi connectivity index (χ0n) is 14.9. The number of hydrogen-bond acceptors (Lipinski definition) is 4. The Balaban J connectivity index is 1.54. The van der Waals surface area contributed by atoms with E-state index in [1.165, 1.54) is 23.2 Å². The SMILES string of the molecule is COC1(C2(NC(=O)c3ccccc3)CN(C(=O)c3ncccc3F)C2)CC1. The minimum Gasteiger partial charge on any atom is -0.376 e. The van der Waals surface area contributed by atoms with E-state index in [0.717, 1.165) is 12.8 Å². The van der Waals surface area contributed by atoms with Crippen molar-refractivity contribution in [1.82, 2.24) is 15.2 Å². The largest absolute Gasteiger partial charge is 0.376 e. The van der Waals surface area contributed by atoms with Gasteiger partial charge in [-0.05, 0) is 37.1 Å². The maximum absolute atomic E-state index is 13.9. The second-order valence-electron chi connectivity index (χ2n) is 7.10. The fraction of sp³-hybridized carbons (Fsp3) is 0.350. The number of ether oxygens (including phenoxy) is 1. The number of halogens is 1. The third-order valence-electron chi connectivity index (χ3n) is 5.53. The first-order valence-corrected chi connectivity index (χ1v) is 8.83. The van der Waals surface area contributed by atoms with Crippen molar-refractivity contribution in [1.29, 1.82) is 0 Å². The molecule has 1 N–H and O–H groups in total. The van der Waals surface area contributed by atoms with E-state index < -0.39 is 22.9 Å². The van der Waals surface area contributed by atoms with Crippen LogP contribution in [0.3, 0.4) is 0 Å². The van der Waals surface area contributed by atoms with E-state index in [1.54, 1.807) is 31.4 Å². The Morgan fingerprint density at radius 1 is 1.15 bits per heavy atom. The van der Waals surface area contributed by atoms with Crippen LogP contribution >= 0.6 is 0 Å². The summed E-state index contributed by atoms with van der Waals surface area (Å²) in [5.41, 5.74) is -0.834. The van der Waals surface area contributed by atoms with E-state index in [9.17, 15) is 14.0 Å². The third-order valence-corrected chi connectivity index (χ3v) is 5.53. The molecule has 2 aliphatic rings. The molecule has 1 aliphatic carbocycles. The number of hydrogen-bond donors (Lipinski definition) is 1. The van der Waals surface area contributed by atoms with Crippen LogP contribution in [0.5, 0.6) is 0 Å². The molecule has 140 valence electrons. The Labute approximate surface area is 156 Å². The lowest BCUT2D eigenvalue weighted by molar-refractivity contribution is -0.0711.